The van der Waals surface area contributed by atoms with Crippen LogP contribution in [0.1, 0.15) is 73.6 Å². The van der Waals surface area contributed by atoms with Crippen molar-refractivity contribution in [1.82, 2.24) is 9.80 Å². The van der Waals surface area contributed by atoms with Gasteiger partial charge in [-0.1, -0.05) is 20.8 Å². The number of likely N-dealkylation sites (tertiary alicyclic amines) is 2. The summed E-state index contributed by atoms with van der Waals surface area (Å²) in [4.78, 5) is 17.1. The number of hydrogen-bond acceptors (Lipinski definition) is 3. The number of rotatable bonds is 4. The van der Waals surface area contributed by atoms with E-state index >= 15 is 0 Å². The lowest BCUT2D eigenvalue weighted by atomic mass is 9.70. The molecule has 0 aromatic heterocycles. The number of carbonyl (C=O) groups is 1. The molecule has 2 fully saturated rings. The van der Waals surface area contributed by atoms with E-state index in [1.165, 1.54) is 38.8 Å². The number of carbonyl (C=O) groups excluding carboxylic acids is 1. The van der Waals surface area contributed by atoms with E-state index in [1.54, 1.807) is 0 Å². The lowest BCUT2D eigenvalue weighted by molar-refractivity contribution is -0.135. The van der Waals surface area contributed by atoms with Gasteiger partial charge in [-0.05, 0) is 70.4 Å². The maximum Gasteiger partial charge on any atom is 0.224 e. The van der Waals surface area contributed by atoms with Gasteiger partial charge in [0.2, 0.25) is 5.91 Å². The zero-order chi connectivity index (χ0) is 18.7. The van der Waals surface area contributed by atoms with Crippen LogP contribution in [0.25, 0.3) is 0 Å². The third-order valence-corrected chi connectivity index (χ3v) is 5.94. The van der Waals surface area contributed by atoms with Crippen LogP contribution >= 0.6 is 0 Å². The summed E-state index contributed by atoms with van der Waals surface area (Å²) < 4.78 is 5.66. The molecule has 1 amide bonds. The Morgan fingerprint density at radius 2 is 1.44 bits per heavy atom. The van der Waals surface area contributed by atoms with Crippen molar-refractivity contribution in [2.75, 3.05) is 39.4 Å². The lowest BCUT2D eigenvalue weighted by Crippen LogP contribution is -2.52. The summed E-state index contributed by atoms with van der Waals surface area (Å²) >= 11 is 0. The Morgan fingerprint density at radius 3 is 1.92 bits per heavy atom. The Hall–Kier alpha value is -0.610. The van der Waals surface area contributed by atoms with Crippen molar-refractivity contribution in [3.05, 3.63) is 0 Å². The van der Waals surface area contributed by atoms with Gasteiger partial charge < -0.3 is 9.64 Å². The Bertz CT molecular complexity index is 430. The third kappa shape index (κ3) is 6.25. The first kappa shape index (κ1) is 20.7. The second-order valence-electron chi connectivity index (χ2n) is 10.4. The van der Waals surface area contributed by atoms with Gasteiger partial charge in [0.1, 0.15) is 0 Å². The standard InChI is InChI=1S/C21H40N2O2/c1-19(2,3)17-25-16-7-18(24)22-12-8-21(9-13-22)10-14-23(15-11-21)20(4,5)6/h7-17H2,1-6H3. The van der Waals surface area contributed by atoms with Crippen molar-refractivity contribution in [3.63, 3.8) is 0 Å². The van der Waals surface area contributed by atoms with Gasteiger partial charge in [-0.25, -0.2) is 0 Å². The van der Waals surface area contributed by atoms with E-state index in [9.17, 15) is 4.79 Å². The van der Waals surface area contributed by atoms with Crippen LogP contribution in [0, 0.1) is 10.8 Å². The van der Waals surface area contributed by atoms with Crippen LogP contribution in [-0.2, 0) is 9.53 Å². The summed E-state index contributed by atoms with van der Waals surface area (Å²) in [5.74, 6) is 0.274. The first-order valence-corrected chi connectivity index (χ1v) is 10.1. The SMILES string of the molecule is CC(C)(C)COCCC(=O)N1CCC2(CC1)CCN(C(C)(C)C)CC2. The molecule has 4 nitrogen and oxygen atoms in total. The van der Waals surface area contributed by atoms with Crippen molar-refractivity contribution >= 4 is 5.91 Å². The first-order valence-electron chi connectivity index (χ1n) is 10.1. The molecule has 2 aliphatic rings. The Balaban J connectivity index is 1.70. The minimum Gasteiger partial charge on any atom is -0.380 e. The molecule has 0 N–H and O–H groups in total. The van der Waals surface area contributed by atoms with E-state index in [0.29, 0.717) is 25.0 Å². The van der Waals surface area contributed by atoms with E-state index in [0.717, 1.165) is 13.1 Å². The van der Waals surface area contributed by atoms with E-state index < -0.39 is 0 Å². The van der Waals surface area contributed by atoms with Crippen LogP contribution in [0.15, 0.2) is 0 Å². The monoisotopic (exact) mass is 352 g/mol. The molecular formula is C21H40N2O2. The minimum atomic E-state index is 0.169. The highest BCUT2D eigenvalue weighted by Gasteiger charge is 2.40. The van der Waals surface area contributed by atoms with Crippen LogP contribution in [0.3, 0.4) is 0 Å². The molecule has 2 rings (SSSR count). The molecule has 2 aliphatic heterocycles. The highest BCUT2D eigenvalue weighted by Crippen LogP contribution is 2.42. The van der Waals surface area contributed by atoms with E-state index in [2.05, 4.69) is 51.3 Å². The molecule has 0 atom stereocenters. The number of amides is 1. The van der Waals surface area contributed by atoms with Crippen molar-refractivity contribution in [1.29, 1.82) is 0 Å². The molecule has 0 saturated carbocycles. The highest BCUT2D eigenvalue weighted by atomic mass is 16.5. The van der Waals surface area contributed by atoms with Crippen LogP contribution in [0.2, 0.25) is 0 Å². The summed E-state index contributed by atoms with van der Waals surface area (Å²) in [6, 6.07) is 0. The average molecular weight is 353 g/mol. The lowest BCUT2D eigenvalue weighted by Gasteiger charge is -2.49. The molecule has 2 saturated heterocycles. The number of ether oxygens (including phenoxy) is 1. The van der Waals surface area contributed by atoms with Crippen molar-refractivity contribution in [3.8, 4) is 0 Å². The summed E-state index contributed by atoms with van der Waals surface area (Å²) in [5.41, 5.74) is 0.940. The molecule has 146 valence electrons. The topological polar surface area (TPSA) is 32.8 Å². The fraction of sp³-hybridized carbons (Fsp3) is 0.952. The Morgan fingerprint density at radius 1 is 0.920 bits per heavy atom. The van der Waals surface area contributed by atoms with E-state index in [1.807, 2.05) is 0 Å². The van der Waals surface area contributed by atoms with Gasteiger partial charge in [-0.15, -0.1) is 0 Å². The van der Waals surface area contributed by atoms with Crippen LogP contribution in [0.5, 0.6) is 0 Å². The molecule has 0 aromatic carbocycles. The molecule has 0 unspecified atom stereocenters. The van der Waals surface area contributed by atoms with Gasteiger partial charge in [-0.3, -0.25) is 9.69 Å². The summed E-state index contributed by atoms with van der Waals surface area (Å²) in [5, 5.41) is 0. The summed E-state index contributed by atoms with van der Waals surface area (Å²) in [6.45, 7) is 19.0. The van der Waals surface area contributed by atoms with Gasteiger partial charge >= 0.3 is 0 Å². The van der Waals surface area contributed by atoms with E-state index in [4.69, 9.17) is 4.74 Å². The largest absolute Gasteiger partial charge is 0.380 e. The Kier molecular flexibility index (Phi) is 6.59. The zero-order valence-electron chi connectivity index (χ0n) is 17.5. The van der Waals surface area contributed by atoms with Crippen molar-refractivity contribution < 1.29 is 9.53 Å². The number of hydrogen-bond donors (Lipinski definition) is 0. The fourth-order valence-electron chi connectivity index (χ4n) is 4.08. The molecule has 1 spiro atoms. The second kappa shape index (κ2) is 7.96. The predicted molar refractivity (Wildman–Crippen MR) is 104 cm³/mol. The zero-order valence-corrected chi connectivity index (χ0v) is 17.5. The average Bonchev–Trinajstić information content (AvgIpc) is 2.51. The van der Waals surface area contributed by atoms with Gasteiger partial charge in [0.15, 0.2) is 0 Å². The maximum absolute atomic E-state index is 12.4. The highest BCUT2D eigenvalue weighted by molar-refractivity contribution is 5.76. The van der Waals surface area contributed by atoms with Gasteiger partial charge in [0.05, 0.1) is 19.6 Å². The molecule has 25 heavy (non-hydrogen) atoms. The third-order valence-electron chi connectivity index (χ3n) is 5.94. The fourth-order valence-corrected chi connectivity index (χ4v) is 4.08. The summed E-state index contributed by atoms with van der Waals surface area (Å²) in [7, 11) is 0. The smallest absolute Gasteiger partial charge is 0.224 e. The number of nitrogens with zero attached hydrogens (tertiary/aromatic N) is 2. The molecule has 0 radical (unpaired) electrons. The molecule has 0 aliphatic carbocycles. The van der Waals surface area contributed by atoms with E-state index in [-0.39, 0.29) is 16.9 Å². The van der Waals surface area contributed by atoms with Crippen LogP contribution in [0.4, 0.5) is 0 Å². The van der Waals surface area contributed by atoms with Gasteiger partial charge in [-0.2, -0.15) is 0 Å². The van der Waals surface area contributed by atoms with Crippen molar-refractivity contribution in [2.24, 2.45) is 10.8 Å². The second-order valence-corrected chi connectivity index (χ2v) is 10.4. The maximum atomic E-state index is 12.4. The molecule has 2 heterocycles. The minimum absolute atomic E-state index is 0.169. The first-order chi connectivity index (χ1) is 11.5. The van der Waals surface area contributed by atoms with Crippen LogP contribution in [-0.4, -0.2) is 60.6 Å². The van der Waals surface area contributed by atoms with Crippen molar-refractivity contribution in [2.45, 2.75) is 79.2 Å². The summed E-state index contributed by atoms with van der Waals surface area (Å²) in [6.07, 6.45) is 5.47. The molecule has 4 heteroatoms. The van der Waals surface area contributed by atoms with Crippen LogP contribution < -0.4 is 0 Å². The normalized spacial score (nSPS) is 22.4. The number of piperidine rings is 2. The molecular weight excluding hydrogens is 312 g/mol. The molecule has 0 aromatic rings. The predicted octanol–water partition coefficient (Wildman–Crippen LogP) is 3.94. The van der Waals surface area contributed by atoms with Gasteiger partial charge in [0.25, 0.3) is 0 Å². The quantitative estimate of drug-likeness (QED) is 0.718. The Labute approximate surface area is 155 Å². The molecule has 0 bridgehead atoms. The van der Waals surface area contributed by atoms with Gasteiger partial charge in [0, 0.05) is 18.6 Å².